The van der Waals surface area contributed by atoms with Crippen LogP contribution in [0.5, 0.6) is 0 Å². The number of nitrogens with zero attached hydrogens (tertiary/aromatic N) is 5. The molecule has 3 rings (SSSR count). The van der Waals surface area contributed by atoms with Gasteiger partial charge in [0.05, 0.1) is 0 Å². The topological polar surface area (TPSA) is 91.2 Å². The van der Waals surface area contributed by atoms with E-state index in [-0.39, 0.29) is 17.7 Å². The fraction of sp³-hybridized carbons (Fsp3) is 0.571. The van der Waals surface area contributed by atoms with E-state index >= 15 is 0 Å². The van der Waals surface area contributed by atoms with Crippen LogP contribution >= 0.6 is 0 Å². The van der Waals surface area contributed by atoms with Gasteiger partial charge in [-0.1, -0.05) is 0 Å². The van der Waals surface area contributed by atoms with E-state index in [1.165, 1.54) is 4.90 Å². The van der Waals surface area contributed by atoms with Crippen molar-refractivity contribution in [2.45, 2.75) is 24.9 Å². The summed E-state index contributed by atoms with van der Waals surface area (Å²) >= 11 is 0. The molecule has 11 heteroatoms. The number of aromatic amines is 1. The first-order chi connectivity index (χ1) is 11.7. The largest absolute Gasteiger partial charge is 0.434 e. The second-order valence-electron chi connectivity index (χ2n) is 6.02. The van der Waals surface area contributed by atoms with Crippen LogP contribution in [-0.2, 0) is 6.18 Å². The molecule has 1 saturated heterocycles. The van der Waals surface area contributed by atoms with Crippen molar-refractivity contribution in [3.05, 3.63) is 28.2 Å². The van der Waals surface area contributed by atoms with E-state index in [0.29, 0.717) is 31.8 Å². The average Bonchev–Trinajstić information content (AvgIpc) is 3.00. The van der Waals surface area contributed by atoms with E-state index in [0.717, 1.165) is 6.07 Å². The maximum absolute atomic E-state index is 13.1. The van der Waals surface area contributed by atoms with Crippen molar-refractivity contribution in [3.63, 3.8) is 0 Å². The van der Waals surface area contributed by atoms with Gasteiger partial charge in [-0.2, -0.15) is 18.2 Å². The molecular weight excluding hydrogens is 341 g/mol. The van der Waals surface area contributed by atoms with Crippen molar-refractivity contribution >= 4 is 11.8 Å². The van der Waals surface area contributed by atoms with Crippen molar-refractivity contribution in [1.82, 2.24) is 20.2 Å². The molecular formula is C14H17F3N6O2. The highest BCUT2D eigenvalue weighted by atomic mass is 19.4. The van der Waals surface area contributed by atoms with Crippen LogP contribution in [0.2, 0.25) is 0 Å². The Morgan fingerprint density at radius 2 is 1.96 bits per heavy atom. The lowest BCUT2D eigenvalue weighted by Gasteiger charge is -2.31. The van der Waals surface area contributed by atoms with Crippen molar-refractivity contribution in [3.8, 4) is 0 Å². The van der Waals surface area contributed by atoms with Gasteiger partial charge in [-0.3, -0.25) is 0 Å². The van der Waals surface area contributed by atoms with Crippen molar-refractivity contribution in [2.75, 3.05) is 37.0 Å². The third kappa shape index (κ3) is 3.74. The van der Waals surface area contributed by atoms with Gasteiger partial charge in [0.25, 0.3) is 0 Å². The van der Waals surface area contributed by atoms with E-state index < -0.39 is 17.6 Å². The molecule has 0 atom stereocenters. The van der Waals surface area contributed by atoms with E-state index in [2.05, 4.69) is 20.2 Å². The molecule has 1 aliphatic heterocycles. The number of aromatic nitrogens is 4. The Morgan fingerprint density at radius 1 is 1.28 bits per heavy atom. The molecule has 0 amide bonds. The molecule has 8 nitrogen and oxygen atoms in total. The molecule has 25 heavy (non-hydrogen) atoms. The maximum Gasteiger partial charge on any atom is 0.434 e. The lowest BCUT2D eigenvalue weighted by atomic mass is 9.97. The van der Waals surface area contributed by atoms with Crippen molar-refractivity contribution in [1.29, 1.82) is 0 Å². The van der Waals surface area contributed by atoms with Crippen LogP contribution in [0.4, 0.5) is 24.9 Å². The quantitative estimate of drug-likeness (QED) is 0.891. The van der Waals surface area contributed by atoms with Gasteiger partial charge >= 0.3 is 11.9 Å². The minimum absolute atomic E-state index is 0.0421. The maximum atomic E-state index is 13.1. The molecule has 2 aromatic rings. The first-order valence-electron chi connectivity index (χ1n) is 7.68. The second-order valence-corrected chi connectivity index (χ2v) is 6.02. The summed E-state index contributed by atoms with van der Waals surface area (Å²) < 4.78 is 44.2. The van der Waals surface area contributed by atoms with Crippen LogP contribution in [0.3, 0.4) is 0 Å². The van der Waals surface area contributed by atoms with Crippen molar-refractivity contribution in [2.24, 2.45) is 0 Å². The Morgan fingerprint density at radius 3 is 2.48 bits per heavy atom. The van der Waals surface area contributed by atoms with Gasteiger partial charge in [0.15, 0.2) is 5.69 Å². The fourth-order valence-electron chi connectivity index (χ4n) is 2.68. The molecule has 0 aliphatic carbocycles. The Kier molecular flexibility index (Phi) is 4.39. The summed E-state index contributed by atoms with van der Waals surface area (Å²) in [4.78, 5) is 22.1. The number of nitrogens with one attached hydrogen (secondary N) is 1. The monoisotopic (exact) mass is 358 g/mol. The number of hydrogen-bond donors (Lipinski definition) is 1. The Bertz CT molecular complexity index is 792. The minimum Gasteiger partial charge on any atom is -0.392 e. The van der Waals surface area contributed by atoms with Gasteiger partial charge in [-0.05, 0) is 12.8 Å². The molecule has 1 N–H and O–H groups in total. The highest BCUT2D eigenvalue weighted by Crippen LogP contribution is 2.32. The Labute approximate surface area is 140 Å². The van der Waals surface area contributed by atoms with Gasteiger partial charge in [0.2, 0.25) is 11.8 Å². The second kappa shape index (κ2) is 6.37. The van der Waals surface area contributed by atoms with Crippen LogP contribution < -0.4 is 15.6 Å². The smallest absolute Gasteiger partial charge is 0.392 e. The van der Waals surface area contributed by atoms with E-state index in [4.69, 9.17) is 4.42 Å². The number of H-pyrrole nitrogens is 1. The highest BCUT2D eigenvalue weighted by molar-refractivity contribution is 5.46. The summed E-state index contributed by atoms with van der Waals surface area (Å²) in [5, 5.41) is 6.02. The zero-order chi connectivity index (χ0) is 18.2. The van der Waals surface area contributed by atoms with Crippen LogP contribution in [-0.4, -0.2) is 47.4 Å². The van der Waals surface area contributed by atoms with Gasteiger partial charge < -0.3 is 14.2 Å². The van der Waals surface area contributed by atoms with Crippen molar-refractivity contribution < 1.29 is 17.6 Å². The summed E-state index contributed by atoms with van der Waals surface area (Å²) in [5.74, 6) is -0.120. The molecule has 0 unspecified atom stereocenters. The molecule has 0 saturated carbocycles. The Balaban J connectivity index is 1.80. The Hall–Kier alpha value is -2.59. The molecule has 2 aromatic heterocycles. The minimum atomic E-state index is -4.54. The number of rotatable bonds is 3. The summed E-state index contributed by atoms with van der Waals surface area (Å²) in [6.07, 6.45) is -3.39. The van der Waals surface area contributed by atoms with Crippen LogP contribution in [0.1, 0.15) is 30.3 Å². The molecule has 0 spiro atoms. The first kappa shape index (κ1) is 17.2. The number of piperidine rings is 1. The van der Waals surface area contributed by atoms with Crippen LogP contribution in [0.25, 0.3) is 0 Å². The van der Waals surface area contributed by atoms with E-state index in [9.17, 15) is 18.0 Å². The van der Waals surface area contributed by atoms with E-state index in [1.54, 1.807) is 19.0 Å². The van der Waals surface area contributed by atoms with E-state index in [1.807, 2.05) is 0 Å². The highest BCUT2D eigenvalue weighted by Gasteiger charge is 2.35. The summed E-state index contributed by atoms with van der Waals surface area (Å²) in [6.45, 7) is 0.880. The predicted octanol–water partition coefficient (Wildman–Crippen LogP) is 1.62. The summed E-state index contributed by atoms with van der Waals surface area (Å²) in [5.41, 5.74) is -0.971. The molecule has 1 fully saturated rings. The molecule has 0 bridgehead atoms. The number of halogens is 3. The molecule has 3 heterocycles. The zero-order valence-electron chi connectivity index (χ0n) is 13.7. The predicted molar refractivity (Wildman–Crippen MR) is 82.7 cm³/mol. The zero-order valence-corrected chi connectivity index (χ0v) is 13.7. The molecule has 0 aromatic carbocycles. The SMILES string of the molecule is CN(C)c1cc(C(F)(F)F)nc(N2CCC(c3n[nH]c(=O)o3)CC2)n1. The molecule has 0 radical (unpaired) electrons. The van der Waals surface area contributed by atoms with Gasteiger partial charge in [0, 0.05) is 39.2 Å². The van der Waals surface area contributed by atoms with Gasteiger partial charge in [0.1, 0.15) is 5.82 Å². The van der Waals surface area contributed by atoms with Gasteiger partial charge in [-0.25, -0.2) is 14.9 Å². The molecule has 136 valence electrons. The normalized spacial score (nSPS) is 16.3. The fourth-order valence-corrected chi connectivity index (χ4v) is 2.68. The standard InChI is InChI=1S/C14H17F3N6O2/c1-22(2)10-7-9(14(15,16)17)18-12(19-10)23-5-3-8(4-6-23)11-20-21-13(24)25-11/h7-8H,3-6H2,1-2H3,(H,21,24). The van der Waals surface area contributed by atoms with Gasteiger partial charge in [-0.15, -0.1) is 5.10 Å². The number of alkyl halides is 3. The van der Waals surface area contributed by atoms with Crippen LogP contribution in [0.15, 0.2) is 15.3 Å². The lowest BCUT2D eigenvalue weighted by Crippen LogP contribution is -2.35. The summed E-state index contributed by atoms with van der Waals surface area (Å²) in [6, 6.07) is 0.925. The average molecular weight is 358 g/mol. The third-order valence-corrected chi connectivity index (χ3v) is 4.03. The first-order valence-corrected chi connectivity index (χ1v) is 7.68. The number of hydrogen-bond acceptors (Lipinski definition) is 7. The van der Waals surface area contributed by atoms with Crippen LogP contribution in [0, 0.1) is 0 Å². The number of anilines is 2. The molecule has 1 aliphatic rings. The summed E-state index contributed by atoms with van der Waals surface area (Å²) in [7, 11) is 3.25. The third-order valence-electron chi connectivity index (χ3n) is 4.03. The lowest BCUT2D eigenvalue weighted by molar-refractivity contribution is -0.141.